The number of allylic oxidation sites excluding steroid dienone is 1. The average Bonchev–Trinajstić information content (AvgIpc) is 2.38. The number of rotatable bonds is 4. The second kappa shape index (κ2) is 5.90. The largest absolute Gasteiger partial charge is 0.508 e. The number of aromatic hydroxyl groups is 1. The summed E-state index contributed by atoms with van der Waals surface area (Å²) >= 11 is 0. The molecular formula is C16H16O. The van der Waals surface area contributed by atoms with E-state index in [0.29, 0.717) is 5.75 Å². The predicted octanol–water partition coefficient (Wildman–Crippen LogP) is 4.04. The molecule has 1 heteroatoms. The van der Waals surface area contributed by atoms with Gasteiger partial charge in [-0.15, -0.1) is 0 Å². The van der Waals surface area contributed by atoms with Gasteiger partial charge in [-0.05, 0) is 36.1 Å². The average molecular weight is 224 g/mol. The number of hydrogen-bond donors (Lipinski definition) is 1. The molecule has 1 nitrogen and oxygen atoms in total. The Morgan fingerprint density at radius 3 is 2.29 bits per heavy atom. The standard InChI is InChI=1S/C16H16O/c17-16-12-10-15(11-13-16)9-5-4-8-14-6-2-1-3-7-14/h1-3,5-7,9-13,17H,4,8H2/b9-5+. The Morgan fingerprint density at radius 2 is 1.59 bits per heavy atom. The van der Waals surface area contributed by atoms with Crippen molar-refractivity contribution in [1.29, 1.82) is 0 Å². The zero-order valence-corrected chi connectivity index (χ0v) is 9.71. The Morgan fingerprint density at radius 1 is 0.882 bits per heavy atom. The highest BCUT2D eigenvalue weighted by molar-refractivity contribution is 5.50. The van der Waals surface area contributed by atoms with Crippen molar-refractivity contribution >= 4 is 6.08 Å². The van der Waals surface area contributed by atoms with Gasteiger partial charge in [0.05, 0.1) is 0 Å². The Kier molecular flexibility index (Phi) is 3.98. The zero-order valence-electron chi connectivity index (χ0n) is 9.71. The summed E-state index contributed by atoms with van der Waals surface area (Å²) in [5.41, 5.74) is 2.48. The Bertz CT molecular complexity index is 469. The van der Waals surface area contributed by atoms with Gasteiger partial charge in [-0.25, -0.2) is 0 Å². The summed E-state index contributed by atoms with van der Waals surface area (Å²) in [5.74, 6) is 0.312. The molecule has 0 saturated heterocycles. The van der Waals surface area contributed by atoms with Gasteiger partial charge in [-0.1, -0.05) is 54.6 Å². The molecule has 0 spiro atoms. The first-order chi connectivity index (χ1) is 8.34. The van der Waals surface area contributed by atoms with Gasteiger partial charge in [0.25, 0.3) is 0 Å². The molecule has 2 aromatic carbocycles. The van der Waals surface area contributed by atoms with Crippen molar-refractivity contribution in [2.24, 2.45) is 0 Å². The van der Waals surface area contributed by atoms with Crippen LogP contribution in [0.3, 0.4) is 0 Å². The number of phenols is 1. The maximum atomic E-state index is 9.15. The van der Waals surface area contributed by atoms with E-state index in [2.05, 4.69) is 36.4 Å². The molecule has 0 aromatic heterocycles. The lowest BCUT2D eigenvalue weighted by molar-refractivity contribution is 0.475. The summed E-state index contributed by atoms with van der Waals surface area (Å²) in [6.45, 7) is 0. The molecule has 0 saturated carbocycles. The van der Waals surface area contributed by atoms with Crippen LogP contribution in [0.2, 0.25) is 0 Å². The van der Waals surface area contributed by atoms with Crippen LogP contribution in [0.25, 0.3) is 6.08 Å². The van der Waals surface area contributed by atoms with Gasteiger partial charge in [0, 0.05) is 0 Å². The van der Waals surface area contributed by atoms with Gasteiger partial charge in [0.15, 0.2) is 0 Å². The lowest BCUT2D eigenvalue weighted by atomic mass is 10.1. The van der Waals surface area contributed by atoms with Crippen molar-refractivity contribution < 1.29 is 5.11 Å². The van der Waals surface area contributed by atoms with E-state index >= 15 is 0 Å². The first-order valence-corrected chi connectivity index (χ1v) is 5.84. The van der Waals surface area contributed by atoms with Crippen molar-refractivity contribution in [2.75, 3.05) is 0 Å². The van der Waals surface area contributed by atoms with E-state index in [9.17, 15) is 0 Å². The van der Waals surface area contributed by atoms with Crippen LogP contribution in [-0.4, -0.2) is 5.11 Å². The highest BCUT2D eigenvalue weighted by atomic mass is 16.3. The molecule has 2 aromatic rings. The van der Waals surface area contributed by atoms with Crippen LogP contribution in [-0.2, 0) is 6.42 Å². The fourth-order valence-corrected chi connectivity index (χ4v) is 1.70. The van der Waals surface area contributed by atoms with Gasteiger partial charge in [0.2, 0.25) is 0 Å². The van der Waals surface area contributed by atoms with Gasteiger partial charge >= 0.3 is 0 Å². The molecule has 0 aliphatic heterocycles. The lowest BCUT2D eigenvalue weighted by Crippen LogP contribution is -1.81. The number of aryl methyl sites for hydroxylation is 1. The van der Waals surface area contributed by atoms with Gasteiger partial charge < -0.3 is 5.11 Å². The van der Waals surface area contributed by atoms with E-state index in [1.54, 1.807) is 12.1 Å². The maximum absolute atomic E-state index is 9.15. The first kappa shape index (κ1) is 11.5. The number of benzene rings is 2. The first-order valence-electron chi connectivity index (χ1n) is 5.84. The minimum atomic E-state index is 0.312. The van der Waals surface area contributed by atoms with Crippen LogP contribution in [0.1, 0.15) is 17.5 Å². The fraction of sp³-hybridized carbons (Fsp3) is 0.125. The fourth-order valence-electron chi connectivity index (χ4n) is 1.70. The van der Waals surface area contributed by atoms with Crippen molar-refractivity contribution in [2.45, 2.75) is 12.8 Å². The van der Waals surface area contributed by atoms with Gasteiger partial charge in [-0.2, -0.15) is 0 Å². The second-order valence-electron chi connectivity index (χ2n) is 4.02. The third-order valence-corrected chi connectivity index (χ3v) is 2.65. The topological polar surface area (TPSA) is 20.2 Å². The molecule has 0 aliphatic carbocycles. The third-order valence-electron chi connectivity index (χ3n) is 2.65. The van der Waals surface area contributed by atoms with Gasteiger partial charge in [-0.3, -0.25) is 0 Å². The maximum Gasteiger partial charge on any atom is 0.115 e. The van der Waals surface area contributed by atoms with Crippen LogP contribution < -0.4 is 0 Å². The predicted molar refractivity (Wildman–Crippen MR) is 71.9 cm³/mol. The van der Waals surface area contributed by atoms with Crippen LogP contribution in [0.5, 0.6) is 5.75 Å². The van der Waals surface area contributed by atoms with Crippen LogP contribution >= 0.6 is 0 Å². The van der Waals surface area contributed by atoms with Crippen LogP contribution in [0, 0.1) is 0 Å². The summed E-state index contributed by atoms with van der Waals surface area (Å²) in [5, 5.41) is 9.15. The highest BCUT2D eigenvalue weighted by Gasteiger charge is 1.90. The summed E-state index contributed by atoms with van der Waals surface area (Å²) < 4.78 is 0. The molecule has 0 heterocycles. The smallest absolute Gasteiger partial charge is 0.115 e. The molecule has 17 heavy (non-hydrogen) atoms. The summed E-state index contributed by atoms with van der Waals surface area (Å²) in [6.07, 6.45) is 6.35. The van der Waals surface area contributed by atoms with E-state index in [0.717, 1.165) is 18.4 Å². The zero-order chi connectivity index (χ0) is 11.9. The molecule has 0 atom stereocenters. The Balaban J connectivity index is 1.84. The summed E-state index contributed by atoms with van der Waals surface area (Å²) in [7, 11) is 0. The molecule has 0 fully saturated rings. The Hall–Kier alpha value is -2.02. The van der Waals surface area contributed by atoms with Crippen molar-refractivity contribution in [3.05, 3.63) is 71.8 Å². The van der Waals surface area contributed by atoms with E-state index in [1.807, 2.05) is 18.2 Å². The van der Waals surface area contributed by atoms with Gasteiger partial charge in [0.1, 0.15) is 5.75 Å². The minimum absolute atomic E-state index is 0.312. The molecule has 0 radical (unpaired) electrons. The Labute approximate surface area is 102 Å². The third kappa shape index (κ3) is 3.80. The van der Waals surface area contributed by atoms with Crippen LogP contribution in [0.4, 0.5) is 0 Å². The molecule has 0 unspecified atom stereocenters. The molecule has 0 aliphatic rings. The molecule has 0 bridgehead atoms. The van der Waals surface area contributed by atoms with E-state index in [1.165, 1.54) is 5.56 Å². The van der Waals surface area contributed by atoms with Crippen LogP contribution in [0.15, 0.2) is 60.7 Å². The normalized spacial score (nSPS) is 10.8. The number of hydrogen-bond acceptors (Lipinski definition) is 1. The van der Waals surface area contributed by atoms with Crippen molar-refractivity contribution in [3.8, 4) is 5.75 Å². The second-order valence-corrected chi connectivity index (χ2v) is 4.02. The summed E-state index contributed by atoms with van der Waals surface area (Å²) in [4.78, 5) is 0. The monoisotopic (exact) mass is 224 g/mol. The minimum Gasteiger partial charge on any atom is -0.508 e. The summed E-state index contributed by atoms with van der Waals surface area (Å²) in [6, 6.07) is 17.7. The quantitative estimate of drug-likeness (QED) is 0.831. The number of phenolic OH excluding ortho intramolecular Hbond substituents is 1. The van der Waals surface area contributed by atoms with E-state index in [4.69, 9.17) is 5.11 Å². The molecule has 86 valence electrons. The highest BCUT2D eigenvalue weighted by Crippen LogP contribution is 2.11. The lowest BCUT2D eigenvalue weighted by Gasteiger charge is -1.97. The molecule has 0 amide bonds. The molecule has 1 N–H and O–H groups in total. The molecule has 2 rings (SSSR count). The van der Waals surface area contributed by atoms with Crippen molar-refractivity contribution in [3.63, 3.8) is 0 Å². The SMILES string of the molecule is Oc1ccc(/C=C/CCc2ccccc2)cc1. The van der Waals surface area contributed by atoms with Crippen molar-refractivity contribution in [1.82, 2.24) is 0 Å². The van der Waals surface area contributed by atoms with E-state index < -0.39 is 0 Å². The molecular weight excluding hydrogens is 208 g/mol. The van der Waals surface area contributed by atoms with E-state index in [-0.39, 0.29) is 0 Å².